The van der Waals surface area contributed by atoms with E-state index in [0.717, 1.165) is 5.56 Å². The number of halogens is 1. The number of methoxy groups -OCH3 is 1. The summed E-state index contributed by atoms with van der Waals surface area (Å²) in [6.45, 7) is 3.88. The third-order valence-corrected chi connectivity index (χ3v) is 5.63. The average Bonchev–Trinajstić information content (AvgIpc) is 2.88. The Bertz CT molecular complexity index is 1330. The Hall–Kier alpha value is -4.29. The minimum absolute atomic E-state index is 0.101. The molecule has 0 atom stereocenters. The van der Waals surface area contributed by atoms with E-state index < -0.39 is 5.91 Å². The number of nitrogens with zero attached hydrogens (tertiary/aromatic N) is 1. The molecule has 3 rings (SSSR count). The third kappa shape index (κ3) is 7.85. The highest BCUT2D eigenvalue weighted by Crippen LogP contribution is 2.37. The highest BCUT2D eigenvalue weighted by atomic mass is 79.9. The van der Waals surface area contributed by atoms with Crippen LogP contribution in [0, 0.1) is 18.3 Å². The average molecular weight is 564 g/mol. The van der Waals surface area contributed by atoms with E-state index in [1.54, 1.807) is 43.5 Å². The Balaban J connectivity index is 1.75. The second-order valence-electron chi connectivity index (χ2n) is 7.82. The fourth-order valence-electron chi connectivity index (χ4n) is 3.23. The Kier molecular flexibility index (Phi) is 9.69. The summed E-state index contributed by atoms with van der Waals surface area (Å²) in [6, 6.07) is 19.4. The van der Waals surface area contributed by atoms with Gasteiger partial charge in [0.2, 0.25) is 0 Å². The number of carbonyl (C=O) groups is 2. The number of amides is 2. The molecule has 0 heterocycles. The van der Waals surface area contributed by atoms with Crippen molar-refractivity contribution >= 4 is 45.2 Å². The summed E-state index contributed by atoms with van der Waals surface area (Å²) in [5.74, 6) is 0.453. The fraction of sp³-hybridized carbons (Fsp3) is 0.179. The molecule has 0 bridgehead atoms. The molecule has 0 saturated heterocycles. The van der Waals surface area contributed by atoms with Crippen LogP contribution in [0.3, 0.4) is 0 Å². The number of rotatable bonds is 10. The number of nitrogens with one attached hydrogen (secondary N) is 2. The Morgan fingerprint density at radius 2 is 1.65 bits per heavy atom. The maximum Gasteiger partial charge on any atom is 0.266 e. The molecule has 0 aliphatic heterocycles. The second kappa shape index (κ2) is 13.1. The maximum absolute atomic E-state index is 12.7. The number of ether oxygens (including phenoxy) is 3. The van der Waals surface area contributed by atoms with Crippen molar-refractivity contribution in [3.8, 4) is 23.3 Å². The van der Waals surface area contributed by atoms with E-state index in [-0.39, 0.29) is 18.1 Å². The van der Waals surface area contributed by atoms with Gasteiger partial charge >= 0.3 is 0 Å². The molecule has 2 N–H and O–H groups in total. The Labute approximate surface area is 224 Å². The molecule has 0 spiro atoms. The zero-order valence-electron chi connectivity index (χ0n) is 20.6. The first-order valence-electron chi connectivity index (χ1n) is 11.4. The SMILES string of the molecule is CCOc1cc(/C=C(\C#N)C(=O)Nc2ccc(OC)cc2)cc(Br)c1OCC(=O)Nc1ccc(C)cc1. The maximum atomic E-state index is 12.7. The smallest absolute Gasteiger partial charge is 0.266 e. The molecule has 8 nitrogen and oxygen atoms in total. The predicted octanol–water partition coefficient (Wildman–Crippen LogP) is 5.73. The van der Waals surface area contributed by atoms with E-state index in [1.165, 1.54) is 6.08 Å². The van der Waals surface area contributed by atoms with Crippen molar-refractivity contribution in [2.45, 2.75) is 13.8 Å². The van der Waals surface area contributed by atoms with Gasteiger partial charge in [-0.25, -0.2) is 0 Å². The van der Waals surface area contributed by atoms with Gasteiger partial charge in [-0.15, -0.1) is 0 Å². The molecule has 0 saturated carbocycles. The zero-order valence-corrected chi connectivity index (χ0v) is 22.2. The molecule has 0 aromatic heterocycles. The molecule has 0 aliphatic carbocycles. The van der Waals surface area contributed by atoms with Gasteiger partial charge in [-0.05, 0) is 89.9 Å². The lowest BCUT2D eigenvalue weighted by Crippen LogP contribution is -2.20. The van der Waals surface area contributed by atoms with Crippen molar-refractivity contribution < 1.29 is 23.8 Å². The summed E-state index contributed by atoms with van der Waals surface area (Å²) < 4.78 is 17.1. The van der Waals surface area contributed by atoms with Crippen molar-refractivity contribution in [2.75, 3.05) is 31.0 Å². The Morgan fingerprint density at radius 3 is 2.27 bits per heavy atom. The summed E-state index contributed by atoms with van der Waals surface area (Å²) in [4.78, 5) is 25.0. The van der Waals surface area contributed by atoms with Gasteiger partial charge in [0.1, 0.15) is 17.4 Å². The standard InChI is InChI=1S/C28H26BrN3O5/c1-4-36-25-15-19(13-20(16-30)28(34)32-22-9-11-23(35-3)12-10-22)14-24(29)27(25)37-17-26(33)31-21-7-5-18(2)6-8-21/h5-15H,4,17H2,1-3H3,(H,31,33)(H,32,34)/b20-13+. The molecular formula is C28H26BrN3O5. The van der Waals surface area contributed by atoms with Crippen LogP contribution in [0.2, 0.25) is 0 Å². The highest BCUT2D eigenvalue weighted by molar-refractivity contribution is 9.10. The monoisotopic (exact) mass is 563 g/mol. The van der Waals surface area contributed by atoms with Crippen molar-refractivity contribution in [1.82, 2.24) is 0 Å². The molecule has 3 aromatic carbocycles. The van der Waals surface area contributed by atoms with Crippen LogP contribution in [-0.4, -0.2) is 32.1 Å². The number of hydrogen-bond acceptors (Lipinski definition) is 6. The van der Waals surface area contributed by atoms with Crippen molar-refractivity contribution in [2.24, 2.45) is 0 Å². The molecule has 0 fully saturated rings. The van der Waals surface area contributed by atoms with Crippen molar-refractivity contribution in [3.63, 3.8) is 0 Å². The van der Waals surface area contributed by atoms with Crippen LogP contribution in [0.5, 0.6) is 17.2 Å². The largest absolute Gasteiger partial charge is 0.497 e. The van der Waals surface area contributed by atoms with Crippen LogP contribution >= 0.6 is 15.9 Å². The first-order valence-corrected chi connectivity index (χ1v) is 12.1. The molecule has 0 radical (unpaired) electrons. The van der Waals surface area contributed by atoms with Crippen LogP contribution in [0.15, 0.2) is 70.7 Å². The lowest BCUT2D eigenvalue weighted by molar-refractivity contribution is -0.118. The minimum atomic E-state index is -0.560. The topological polar surface area (TPSA) is 110 Å². The van der Waals surface area contributed by atoms with Gasteiger partial charge in [-0.2, -0.15) is 5.26 Å². The second-order valence-corrected chi connectivity index (χ2v) is 8.67. The summed E-state index contributed by atoms with van der Waals surface area (Å²) in [7, 11) is 1.55. The zero-order chi connectivity index (χ0) is 26.8. The third-order valence-electron chi connectivity index (χ3n) is 5.04. The number of anilines is 2. The normalized spacial score (nSPS) is 10.7. The van der Waals surface area contributed by atoms with E-state index in [1.807, 2.05) is 44.2 Å². The van der Waals surface area contributed by atoms with Gasteiger partial charge < -0.3 is 24.8 Å². The summed E-state index contributed by atoms with van der Waals surface area (Å²) in [5, 5.41) is 15.1. The van der Waals surface area contributed by atoms with Crippen LogP contribution in [0.25, 0.3) is 6.08 Å². The summed E-state index contributed by atoms with van der Waals surface area (Å²) >= 11 is 3.45. The quantitative estimate of drug-likeness (QED) is 0.241. The number of aryl methyl sites for hydroxylation is 1. The van der Waals surface area contributed by atoms with Gasteiger partial charge in [0.25, 0.3) is 11.8 Å². The molecular weight excluding hydrogens is 538 g/mol. The van der Waals surface area contributed by atoms with E-state index >= 15 is 0 Å². The number of hydrogen-bond donors (Lipinski definition) is 2. The number of nitriles is 1. The lowest BCUT2D eigenvalue weighted by Gasteiger charge is -2.15. The van der Waals surface area contributed by atoms with E-state index in [9.17, 15) is 14.9 Å². The van der Waals surface area contributed by atoms with E-state index in [2.05, 4.69) is 26.6 Å². The number of benzene rings is 3. The fourth-order valence-corrected chi connectivity index (χ4v) is 3.81. The first kappa shape index (κ1) is 27.3. The molecule has 0 aliphatic rings. The van der Waals surface area contributed by atoms with Crippen LogP contribution in [0.1, 0.15) is 18.1 Å². The summed E-state index contributed by atoms with van der Waals surface area (Å²) in [6.07, 6.45) is 1.44. The van der Waals surface area contributed by atoms with Gasteiger partial charge in [-0.1, -0.05) is 17.7 Å². The number of carbonyl (C=O) groups excluding carboxylic acids is 2. The Morgan fingerprint density at radius 1 is 1.00 bits per heavy atom. The van der Waals surface area contributed by atoms with Gasteiger partial charge in [0.05, 0.1) is 18.2 Å². The van der Waals surface area contributed by atoms with E-state index in [4.69, 9.17) is 14.2 Å². The molecule has 3 aromatic rings. The molecule has 2 amide bonds. The predicted molar refractivity (Wildman–Crippen MR) is 146 cm³/mol. The minimum Gasteiger partial charge on any atom is -0.497 e. The molecule has 0 unspecified atom stereocenters. The van der Waals surface area contributed by atoms with E-state index in [0.29, 0.717) is 45.3 Å². The summed E-state index contributed by atoms with van der Waals surface area (Å²) in [5.41, 5.74) is 2.72. The van der Waals surface area contributed by atoms with Crippen LogP contribution in [-0.2, 0) is 9.59 Å². The van der Waals surface area contributed by atoms with Crippen molar-refractivity contribution in [1.29, 1.82) is 5.26 Å². The molecule has 190 valence electrons. The lowest BCUT2D eigenvalue weighted by atomic mass is 10.1. The van der Waals surface area contributed by atoms with Crippen molar-refractivity contribution in [3.05, 3.63) is 81.8 Å². The molecule has 9 heteroatoms. The molecule has 37 heavy (non-hydrogen) atoms. The van der Waals surface area contributed by atoms with Gasteiger partial charge in [0, 0.05) is 11.4 Å². The van der Waals surface area contributed by atoms with Gasteiger partial charge in [0.15, 0.2) is 18.1 Å². The van der Waals surface area contributed by atoms with Crippen LogP contribution < -0.4 is 24.8 Å². The first-order chi connectivity index (χ1) is 17.8. The van der Waals surface area contributed by atoms with Crippen LogP contribution in [0.4, 0.5) is 11.4 Å². The van der Waals surface area contributed by atoms with Gasteiger partial charge in [-0.3, -0.25) is 9.59 Å². The highest BCUT2D eigenvalue weighted by Gasteiger charge is 2.16.